The molecule has 5 nitrogen and oxygen atoms in total. The van der Waals surface area contributed by atoms with Crippen LogP contribution in [0.15, 0.2) is 6.07 Å². The van der Waals surface area contributed by atoms with Crippen LogP contribution in [0.3, 0.4) is 0 Å². The molecule has 1 rings (SSSR count). The first-order valence-electron chi connectivity index (χ1n) is 5.19. The molecule has 1 atom stereocenters. The molecule has 0 bridgehead atoms. The van der Waals surface area contributed by atoms with Gasteiger partial charge in [-0.05, 0) is 19.4 Å². The number of carbonyl (C=O) groups is 1. The van der Waals surface area contributed by atoms with Gasteiger partial charge in [0.15, 0.2) is 0 Å². The van der Waals surface area contributed by atoms with Crippen LogP contribution in [-0.4, -0.2) is 21.7 Å². The first-order valence-corrected chi connectivity index (χ1v) is 5.19. The lowest BCUT2D eigenvalue weighted by molar-refractivity contribution is -0.119. The van der Waals surface area contributed by atoms with Crippen LogP contribution in [0.25, 0.3) is 0 Å². The molecular weight excluding hydrogens is 192 g/mol. The molecule has 84 valence electrons. The molecule has 1 aromatic rings. The number of aryl methyl sites for hydroxylation is 2. The third kappa shape index (κ3) is 2.79. The van der Waals surface area contributed by atoms with Crippen molar-refractivity contribution in [2.45, 2.75) is 39.3 Å². The van der Waals surface area contributed by atoms with Crippen LogP contribution in [0, 0.1) is 0 Å². The average Bonchev–Trinajstić information content (AvgIpc) is 2.60. The highest BCUT2D eigenvalue weighted by atomic mass is 16.1. The van der Waals surface area contributed by atoms with Gasteiger partial charge in [0.2, 0.25) is 5.91 Å². The largest absolute Gasteiger partial charge is 0.368 e. The van der Waals surface area contributed by atoms with Crippen LogP contribution in [0.4, 0.5) is 0 Å². The molecule has 0 saturated carbocycles. The molecule has 0 aliphatic heterocycles. The van der Waals surface area contributed by atoms with E-state index in [-0.39, 0.29) is 0 Å². The monoisotopic (exact) mass is 210 g/mol. The first kappa shape index (κ1) is 11.7. The van der Waals surface area contributed by atoms with Crippen LogP contribution >= 0.6 is 0 Å². The molecule has 5 heteroatoms. The quantitative estimate of drug-likeness (QED) is 0.706. The van der Waals surface area contributed by atoms with Crippen molar-refractivity contribution in [3.8, 4) is 0 Å². The second-order valence-corrected chi connectivity index (χ2v) is 3.51. The van der Waals surface area contributed by atoms with E-state index in [0.29, 0.717) is 6.42 Å². The highest BCUT2D eigenvalue weighted by Gasteiger charge is 2.14. The van der Waals surface area contributed by atoms with Crippen molar-refractivity contribution in [1.29, 1.82) is 0 Å². The normalized spacial score (nSPS) is 12.7. The molecule has 4 N–H and O–H groups in total. The third-order valence-corrected chi connectivity index (χ3v) is 2.37. The lowest BCUT2D eigenvalue weighted by Gasteiger charge is -2.08. The number of rotatable bonds is 5. The standard InChI is InChI=1S/C10H18N4O/c1-3-7-5-8(14(4-2)13-7)6-9(11)10(12)15/h5,9H,3-4,6,11H2,1-2H3,(H2,12,15). The molecule has 1 heterocycles. The van der Waals surface area contributed by atoms with Crippen molar-refractivity contribution in [2.75, 3.05) is 0 Å². The smallest absolute Gasteiger partial charge is 0.234 e. The fraction of sp³-hybridized carbons (Fsp3) is 0.600. The molecule has 15 heavy (non-hydrogen) atoms. The van der Waals surface area contributed by atoms with Crippen molar-refractivity contribution in [3.63, 3.8) is 0 Å². The Hall–Kier alpha value is -1.36. The summed E-state index contributed by atoms with van der Waals surface area (Å²) >= 11 is 0. The lowest BCUT2D eigenvalue weighted by Crippen LogP contribution is -2.38. The SMILES string of the molecule is CCc1cc(CC(N)C(N)=O)n(CC)n1. The van der Waals surface area contributed by atoms with Crippen molar-refractivity contribution in [3.05, 3.63) is 17.5 Å². The van der Waals surface area contributed by atoms with Crippen molar-refractivity contribution < 1.29 is 4.79 Å². The van der Waals surface area contributed by atoms with Gasteiger partial charge in [-0.2, -0.15) is 5.10 Å². The maximum absolute atomic E-state index is 10.8. The number of hydrogen-bond donors (Lipinski definition) is 2. The van der Waals surface area contributed by atoms with Crippen LogP contribution in [0.5, 0.6) is 0 Å². The van der Waals surface area contributed by atoms with Crippen LogP contribution in [-0.2, 0) is 24.2 Å². The summed E-state index contributed by atoms with van der Waals surface area (Å²) in [6.45, 7) is 4.83. The Bertz CT molecular complexity index is 345. The summed E-state index contributed by atoms with van der Waals surface area (Å²) in [6, 6.07) is 1.35. The number of amides is 1. The van der Waals surface area contributed by atoms with Gasteiger partial charge in [-0.25, -0.2) is 0 Å². The van der Waals surface area contributed by atoms with Gasteiger partial charge < -0.3 is 11.5 Å². The highest BCUT2D eigenvalue weighted by Crippen LogP contribution is 2.07. The van der Waals surface area contributed by atoms with Crippen LogP contribution in [0.2, 0.25) is 0 Å². The lowest BCUT2D eigenvalue weighted by atomic mass is 10.1. The predicted octanol–water partition coefficient (Wildman–Crippen LogP) is -0.179. The molecule has 0 aliphatic rings. The van der Waals surface area contributed by atoms with Gasteiger partial charge in [-0.15, -0.1) is 0 Å². The predicted molar refractivity (Wildman–Crippen MR) is 58.2 cm³/mol. The van der Waals surface area contributed by atoms with E-state index >= 15 is 0 Å². The zero-order valence-corrected chi connectivity index (χ0v) is 9.23. The van der Waals surface area contributed by atoms with E-state index in [1.54, 1.807) is 0 Å². The van der Waals surface area contributed by atoms with E-state index < -0.39 is 11.9 Å². The molecule has 0 radical (unpaired) electrons. The molecule has 0 aliphatic carbocycles. The van der Waals surface area contributed by atoms with Gasteiger partial charge in [0.05, 0.1) is 11.7 Å². The van der Waals surface area contributed by atoms with Gasteiger partial charge in [0, 0.05) is 18.7 Å². The van der Waals surface area contributed by atoms with E-state index in [1.165, 1.54) is 0 Å². The van der Waals surface area contributed by atoms with E-state index in [2.05, 4.69) is 5.10 Å². The van der Waals surface area contributed by atoms with E-state index in [0.717, 1.165) is 24.4 Å². The zero-order chi connectivity index (χ0) is 11.4. The number of primary amides is 1. The van der Waals surface area contributed by atoms with E-state index in [9.17, 15) is 4.79 Å². The summed E-state index contributed by atoms with van der Waals surface area (Å²) in [7, 11) is 0. The highest BCUT2D eigenvalue weighted by molar-refractivity contribution is 5.79. The van der Waals surface area contributed by atoms with Crippen LogP contribution < -0.4 is 11.5 Å². The first-order chi connectivity index (χ1) is 7.08. The van der Waals surface area contributed by atoms with Crippen LogP contribution in [0.1, 0.15) is 25.2 Å². The van der Waals surface area contributed by atoms with E-state index in [4.69, 9.17) is 11.5 Å². The number of aromatic nitrogens is 2. The fourth-order valence-corrected chi connectivity index (χ4v) is 1.45. The minimum absolute atomic E-state index is 0.455. The molecule has 1 aromatic heterocycles. The summed E-state index contributed by atoms with van der Waals surface area (Å²) in [5, 5.41) is 4.37. The molecule has 0 aromatic carbocycles. The van der Waals surface area contributed by atoms with E-state index in [1.807, 2.05) is 24.6 Å². The number of nitrogens with two attached hydrogens (primary N) is 2. The van der Waals surface area contributed by atoms with Crippen molar-refractivity contribution >= 4 is 5.91 Å². The number of nitrogens with zero attached hydrogens (tertiary/aromatic N) is 2. The zero-order valence-electron chi connectivity index (χ0n) is 9.23. The van der Waals surface area contributed by atoms with Crippen molar-refractivity contribution in [2.24, 2.45) is 11.5 Å². The minimum Gasteiger partial charge on any atom is -0.368 e. The Morgan fingerprint density at radius 2 is 2.27 bits per heavy atom. The summed E-state index contributed by atoms with van der Waals surface area (Å²) in [6.07, 6.45) is 1.34. The van der Waals surface area contributed by atoms with Gasteiger partial charge in [0.25, 0.3) is 0 Å². The third-order valence-electron chi connectivity index (χ3n) is 2.37. The maximum Gasteiger partial charge on any atom is 0.234 e. The molecular formula is C10H18N4O. The molecule has 1 unspecified atom stereocenters. The Morgan fingerprint density at radius 3 is 2.73 bits per heavy atom. The van der Waals surface area contributed by atoms with Crippen molar-refractivity contribution in [1.82, 2.24) is 9.78 Å². The molecule has 0 spiro atoms. The maximum atomic E-state index is 10.8. The molecule has 0 saturated heterocycles. The number of carbonyl (C=O) groups excluding carboxylic acids is 1. The van der Waals surface area contributed by atoms with Gasteiger partial charge in [-0.1, -0.05) is 6.92 Å². The summed E-state index contributed by atoms with van der Waals surface area (Å²) in [5.41, 5.74) is 12.7. The molecule has 0 fully saturated rings. The summed E-state index contributed by atoms with van der Waals surface area (Å²) < 4.78 is 1.86. The van der Waals surface area contributed by atoms with Gasteiger partial charge >= 0.3 is 0 Å². The Kier molecular flexibility index (Phi) is 3.85. The Morgan fingerprint density at radius 1 is 1.60 bits per heavy atom. The topological polar surface area (TPSA) is 86.9 Å². The summed E-state index contributed by atoms with van der Waals surface area (Å²) in [4.78, 5) is 10.8. The second-order valence-electron chi connectivity index (χ2n) is 3.51. The van der Waals surface area contributed by atoms with Gasteiger partial charge in [0.1, 0.15) is 0 Å². The van der Waals surface area contributed by atoms with Gasteiger partial charge in [-0.3, -0.25) is 9.48 Å². The Balaban J connectivity index is 2.83. The second kappa shape index (κ2) is 4.93. The Labute approximate surface area is 89.4 Å². The number of hydrogen-bond acceptors (Lipinski definition) is 3. The molecule has 1 amide bonds. The summed E-state index contributed by atoms with van der Waals surface area (Å²) in [5.74, 6) is -0.475. The fourth-order valence-electron chi connectivity index (χ4n) is 1.45. The minimum atomic E-state index is -0.628. The average molecular weight is 210 g/mol.